The normalized spacial score (nSPS) is 10.5. The lowest BCUT2D eigenvalue weighted by atomic mass is 10.2. The number of anilines is 1. The Kier molecular flexibility index (Phi) is 5.55. The number of thiazole rings is 1. The molecule has 6 nitrogen and oxygen atoms in total. The van der Waals surface area contributed by atoms with Crippen LogP contribution in [-0.2, 0) is 4.79 Å². The molecule has 0 saturated carbocycles. The first kappa shape index (κ1) is 18.4. The van der Waals surface area contributed by atoms with Gasteiger partial charge in [-0.1, -0.05) is 6.07 Å². The SMILES string of the molecule is CC(=O)Nc1ccc(-c2cnc(-c3ccc([N+](=O)[O-])cc3)s2)c(SCl)c1. The summed E-state index contributed by atoms with van der Waals surface area (Å²) in [5.74, 6) is -0.151. The van der Waals surface area contributed by atoms with Crippen LogP contribution in [0.5, 0.6) is 0 Å². The maximum atomic E-state index is 11.2. The molecule has 0 radical (unpaired) electrons. The van der Waals surface area contributed by atoms with Gasteiger partial charge in [0.1, 0.15) is 5.01 Å². The Morgan fingerprint density at radius 2 is 2.00 bits per heavy atom. The van der Waals surface area contributed by atoms with Gasteiger partial charge in [0.25, 0.3) is 5.69 Å². The molecule has 0 spiro atoms. The van der Waals surface area contributed by atoms with Crippen LogP contribution in [0.3, 0.4) is 0 Å². The minimum atomic E-state index is -0.433. The summed E-state index contributed by atoms with van der Waals surface area (Å²) in [6, 6.07) is 11.8. The average molecular weight is 406 g/mol. The van der Waals surface area contributed by atoms with E-state index in [4.69, 9.17) is 10.7 Å². The first-order valence-corrected chi connectivity index (χ1v) is 9.85. The van der Waals surface area contributed by atoms with Gasteiger partial charge in [-0.05, 0) is 45.9 Å². The van der Waals surface area contributed by atoms with Gasteiger partial charge < -0.3 is 5.32 Å². The summed E-state index contributed by atoms with van der Waals surface area (Å²) in [5, 5.41) is 14.2. The highest BCUT2D eigenvalue weighted by Gasteiger charge is 2.13. The molecule has 0 aliphatic carbocycles. The van der Waals surface area contributed by atoms with Gasteiger partial charge in [-0.2, -0.15) is 0 Å². The number of halogens is 1. The zero-order valence-corrected chi connectivity index (χ0v) is 15.8. The summed E-state index contributed by atoms with van der Waals surface area (Å²) in [4.78, 5) is 27.6. The number of nitrogens with one attached hydrogen (secondary N) is 1. The maximum Gasteiger partial charge on any atom is 0.269 e. The van der Waals surface area contributed by atoms with E-state index in [1.54, 1.807) is 30.5 Å². The van der Waals surface area contributed by atoms with Crippen LogP contribution in [0.1, 0.15) is 6.92 Å². The molecular weight excluding hydrogens is 394 g/mol. The van der Waals surface area contributed by atoms with E-state index in [1.807, 2.05) is 6.07 Å². The summed E-state index contributed by atoms with van der Waals surface area (Å²) in [5.41, 5.74) is 2.43. The number of benzene rings is 2. The van der Waals surface area contributed by atoms with Crippen LogP contribution in [0.2, 0.25) is 0 Å². The predicted octanol–water partition coefficient (Wildman–Crippen LogP) is 5.59. The summed E-state index contributed by atoms with van der Waals surface area (Å²) >= 11 is 1.46. The topological polar surface area (TPSA) is 85.1 Å². The number of nitro groups is 1. The fourth-order valence-electron chi connectivity index (χ4n) is 2.33. The monoisotopic (exact) mass is 405 g/mol. The van der Waals surface area contributed by atoms with Crippen molar-refractivity contribution in [3.05, 3.63) is 58.8 Å². The molecule has 1 amide bonds. The summed E-state index contributed by atoms with van der Waals surface area (Å²) in [7, 11) is 7.05. The largest absolute Gasteiger partial charge is 0.326 e. The molecule has 26 heavy (non-hydrogen) atoms. The highest BCUT2D eigenvalue weighted by atomic mass is 35.7. The predicted molar refractivity (Wildman–Crippen MR) is 106 cm³/mol. The standard InChI is InChI=1S/C17H12ClN3O3S2/c1-10(22)20-12-4-7-14(15(8-12)26-18)16-9-19-17(25-16)11-2-5-13(6-3-11)21(23)24/h2-9H,1H3,(H,20,22). The molecular formula is C17H12ClN3O3S2. The number of rotatable bonds is 5. The number of carbonyl (C=O) groups is 1. The lowest BCUT2D eigenvalue weighted by Crippen LogP contribution is -2.05. The Morgan fingerprint density at radius 3 is 2.62 bits per heavy atom. The highest BCUT2D eigenvalue weighted by molar-refractivity contribution is 8.21. The Hall–Kier alpha value is -2.42. The molecule has 0 aliphatic heterocycles. The second-order valence-electron chi connectivity index (χ2n) is 5.30. The number of hydrogen-bond donors (Lipinski definition) is 1. The molecule has 1 N–H and O–H groups in total. The number of non-ortho nitro benzene ring substituents is 1. The average Bonchev–Trinajstić information content (AvgIpc) is 3.11. The van der Waals surface area contributed by atoms with Crippen molar-refractivity contribution in [1.29, 1.82) is 0 Å². The summed E-state index contributed by atoms with van der Waals surface area (Å²) < 4.78 is 0. The lowest BCUT2D eigenvalue weighted by Gasteiger charge is -2.07. The molecule has 0 aliphatic rings. The third kappa shape index (κ3) is 4.04. The molecule has 0 saturated heterocycles. The quantitative estimate of drug-likeness (QED) is 0.441. The van der Waals surface area contributed by atoms with E-state index in [9.17, 15) is 14.9 Å². The van der Waals surface area contributed by atoms with Crippen LogP contribution in [0.25, 0.3) is 21.0 Å². The van der Waals surface area contributed by atoms with Crippen molar-refractivity contribution in [1.82, 2.24) is 4.98 Å². The highest BCUT2D eigenvalue weighted by Crippen LogP contribution is 2.40. The van der Waals surface area contributed by atoms with Crippen LogP contribution in [0.15, 0.2) is 53.6 Å². The zero-order chi connectivity index (χ0) is 18.7. The maximum absolute atomic E-state index is 11.2. The molecule has 3 rings (SSSR count). The third-order valence-corrected chi connectivity index (χ3v) is 5.56. The van der Waals surface area contributed by atoms with Crippen LogP contribution >= 0.6 is 33.0 Å². The lowest BCUT2D eigenvalue weighted by molar-refractivity contribution is -0.384. The van der Waals surface area contributed by atoms with Gasteiger partial charge in [0, 0.05) is 47.0 Å². The smallest absolute Gasteiger partial charge is 0.269 e. The van der Waals surface area contributed by atoms with Crippen molar-refractivity contribution in [3.63, 3.8) is 0 Å². The fraction of sp³-hybridized carbons (Fsp3) is 0.0588. The zero-order valence-electron chi connectivity index (χ0n) is 13.4. The van der Waals surface area contributed by atoms with Crippen molar-refractivity contribution in [2.75, 3.05) is 5.32 Å². The van der Waals surface area contributed by atoms with Gasteiger partial charge in [-0.3, -0.25) is 14.9 Å². The molecule has 1 aromatic heterocycles. The van der Waals surface area contributed by atoms with Crippen LogP contribution in [-0.4, -0.2) is 15.8 Å². The molecule has 2 aromatic carbocycles. The van der Waals surface area contributed by atoms with E-state index >= 15 is 0 Å². The summed E-state index contributed by atoms with van der Waals surface area (Å²) in [6.07, 6.45) is 1.74. The Bertz CT molecular complexity index is 974. The summed E-state index contributed by atoms with van der Waals surface area (Å²) in [6.45, 7) is 1.45. The van der Waals surface area contributed by atoms with Crippen molar-refractivity contribution in [2.24, 2.45) is 0 Å². The number of amides is 1. The number of aromatic nitrogens is 1. The van der Waals surface area contributed by atoms with Gasteiger partial charge in [0.2, 0.25) is 5.91 Å². The molecule has 0 atom stereocenters. The fourth-order valence-corrected chi connectivity index (χ4v) is 4.17. The second-order valence-corrected chi connectivity index (χ2v) is 7.39. The molecule has 1 heterocycles. The molecule has 3 aromatic rings. The second kappa shape index (κ2) is 7.86. The number of nitro benzene ring substituents is 1. The Morgan fingerprint density at radius 1 is 1.27 bits per heavy atom. The van der Waals surface area contributed by atoms with Gasteiger partial charge >= 0.3 is 0 Å². The van der Waals surface area contributed by atoms with Crippen molar-refractivity contribution >= 4 is 50.3 Å². The van der Waals surface area contributed by atoms with Crippen LogP contribution in [0, 0.1) is 10.1 Å². The van der Waals surface area contributed by atoms with Crippen molar-refractivity contribution in [2.45, 2.75) is 11.8 Å². The molecule has 0 bridgehead atoms. The van der Waals surface area contributed by atoms with E-state index in [0.717, 1.165) is 36.9 Å². The van der Waals surface area contributed by atoms with E-state index in [0.29, 0.717) is 5.69 Å². The van der Waals surface area contributed by atoms with E-state index < -0.39 is 4.92 Å². The number of carbonyl (C=O) groups excluding carboxylic acids is 1. The van der Waals surface area contributed by atoms with E-state index in [2.05, 4.69) is 10.3 Å². The first-order chi connectivity index (χ1) is 12.5. The van der Waals surface area contributed by atoms with Crippen molar-refractivity contribution < 1.29 is 9.72 Å². The molecule has 132 valence electrons. The van der Waals surface area contributed by atoms with Crippen LogP contribution < -0.4 is 5.32 Å². The molecule has 9 heteroatoms. The molecule has 0 fully saturated rings. The third-order valence-electron chi connectivity index (χ3n) is 3.48. The van der Waals surface area contributed by atoms with Gasteiger partial charge in [0.05, 0.1) is 9.80 Å². The molecule has 0 unspecified atom stereocenters. The van der Waals surface area contributed by atoms with Gasteiger partial charge in [0.15, 0.2) is 0 Å². The van der Waals surface area contributed by atoms with Gasteiger partial charge in [-0.25, -0.2) is 4.98 Å². The van der Waals surface area contributed by atoms with E-state index in [1.165, 1.54) is 30.4 Å². The number of hydrogen-bond acceptors (Lipinski definition) is 6. The minimum absolute atomic E-state index is 0.0416. The van der Waals surface area contributed by atoms with Crippen LogP contribution in [0.4, 0.5) is 11.4 Å². The number of nitrogens with zero attached hydrogens (tertiary/aromatic N) is 2. The minimum Gasteiger partial charge on any atom is -0.326 e. The van der Waals surface area contributed by atoms with Gasteiger partial charge in [-0.15, -0.1) is 11.3 Å². The first-order valence-electron chi connectivity index (χ1n) is 7.39. The van der Waals surface area contributed by atoms with Crippen molar-refractivity contribution in [3.8, 4) is 21.0 Å². The van der Waals surface area contributed by atoms with E-state index in [-0.39, 0.29) is 11.6 Å². The Balaban J connectivity index is 1.91. The Labute approximate surface area is 161 Å².